The van der Waals surface area contributed by atoms with Crippen molar-refractivity contribution in [1.29, 1.82) is 0 Å². The molecule has 2 unspecified atom stereocenters. The van der Waals surface area contributed by atoms with E-state index in [0.29, 0.717) is 17.7 Å². The van der Waals surface area contributed by atoms with E-state index in [4.69, 9.17) is 16.3 Å². The van der Waals surface area contributed by atoms with Crippen LogP contribution in [-0.4, -0.2) is 50.9 Å². The number of aryl methyl sites for hydroxylation is 1. The minimum Gasteiger partial charge on any atom is -0.495 e. The number of ether oxygens (including phenoxy) is 1. The number of methoxy groups -OCH3 is 1. The fraction of sp³-hybridized carbons (Fsp3) is 0.333. The molecular weight excluding hydrogens is 569 g/mol. The number of carbonyl (C=O) groups excluding carboxylic acids is 2. The fourth-order valence-corrected chi connectivity index (χ4v) is 5.67. The SMILES string of the molecule is CCC(C)NC(=O)C(C)N(Cc1ccc(F)cc1)C(=O)CN(c1ccc(OC)c(Cl)c1)S(=O)(=O)c1ccc(C)cc1. The van der Waals surface area contributed by atoms with E-state index in [1.807, 2.05) is 20.8 Å². The number of benzene rings is 3. The topological polar surface area (TPSA) is 96.0 Å². The van der Waals surface area contributed by atoms with Crippen molar-refractivity contribution in [3.8, 4) is 5.75 Å². The summed E-state index contributed by atoms with van der Waals surface area (Å²) in [6.45, 7) is 6.50. The molecule has 2 amide bonds. The Bertz CT molecular complexity index is 1470. The molecule has 41 heavy (non-hydrogen) atoms. The molecule has 1 N–H and O–H groups in total. The van der Waals surface area contributed by atoms with Crippen LogP contribution in [0.1, 0.15) is 38.3 Å². The maximum atomic E-state index is 13.9. The number of carbonyl (C=O) groups is 2. The van der Waals surface area contributed by atoms with Crippen LogP contribution in [0.3, 0.4) is 0 Å². The van der Waals surface area contributed by atoms with Gasteiger partial charge in [-0.15, -0.1) is 0 Å². The molecule has 3 aromatic rings. The first-order valence-corrected chi connectivity index (χ1v) is 15.0. The molecule has 3 aromatic carbocycles. The highest BCUT2D eigenvalue weighted by Gasteiger charge is 2.33. The number of amides is 2. The molecule has 0 aliphatic carbocycles. The van der Waals surface area contributed by atoms with E-state index in [1.54, 1.807) is 19.1 Å². The van der Waals surface area contributed by atoms with Gasteiger partial charge in [0.15, 0.2) is 0 Å². The third kappa shape index (κ3) is 7.98. The molecule has 220 valence electrons. The Morgan fingerprint density at radius 2 is 1.66 bits per heavy atom. The molecule has 11 heteroatoms. The summed E-state index contributed by atoms with van der Waals surface area (Å²) in [7, 11) is -2.81. The second kappa shape index (κ2) is 13.8. The van der Waals surface area contributed by atoms with E-state index in [9.17, 15) is 22.4 Å². The first-order valence-electron chi connectivity index (χ1n) is 13.1. The Hall–Kier alpha value is -3.63. The lowest BCUT2D eigenvalue weighted by Gasteiger charge is -2.32. The molecule has 2 atom stereocenters. The average molecular weight is 604 g/mol. The first kappa shape index (κ1) is 31.9. The molecule has 0 aromatic heterocycles. The second-order valence-electron chi connectivity index (χ2n) is 9.79. The van der Waals surface area contributed by atoms with Crippen molar-refractivity contribution in [3.63, 3.8) is 0 Å². The number of hydrogen-bond donors (Lipinski definition) is 1. The van der Waals surface area contributed by atoms with E-state index < -0.39 is 40.2 Å². The van der Waals surface area contributed by atoms with Crippen LogP contribution in [-0.2, 0) is 26.2 Å². The molecule has 0 heterocycles. The summed E-state index contributed by atoms with van der Waals surface area (Å²) in [5.74, 6) is -1.14. The zero-order valence-corrected chi connectivity index (χ0v) is 25.3. The van der Waals surface area contributed by atoms with Gasteiger partial charge in [-0.2, -0.15) is 0 Å². The smallest absolute Gasteiger partial charge is 0.264 e. The van der Waals surface area contributed by atoms with Gasteiger partial charge in [0, 0.05) is 12.6 Å². The molecule has 0 saturated heterocycles. The standard InChI is InChI=1S/C30H35ClFN3O5S/c1-6-21(3)33-30(37)22(4)34(18-23-9-11-24(32)12-10-23)29(36)19-35(25-13-16-28(40-5)27(31)17-25)41(38,39)26-14-7-20(2)8-15-26/h7-17,21-22H,6,18-19H2,1-5H3,(H,33,37). The van der Waals surface area contributed by atoms with Gasteiger partial charge < -0.3 is 15.0 Å². The van der Waals surface area contributed by atoms with Gasteiger partial charge in [0.2, 0.25) is 11.8 Å². The number of anilines is 1. The maximum absolute atomic E-state index is 13.9. The van der Waals surface area contributed by atoms with Crippen molar-refractivity contribution < 1.29 is 27.1 Å². The zero-order valence-electron chi connectivity index (χ0n) is 23.7. The Morgan fingerprint density at radius 3 is 2.22 bits per heavy atom. The molecule has 0 spiro atoms. The van der Waals surface area contributed by atoms with Crippen LogP contribution in [0.25, 0.3) is 0 Å². The quantitative estimate of drug-likeness (QED) is 0.302. The number of rotatable bonds is 12. The van der Waals surface area contributed by atoms with Gasteiger partial charge in [-0.05, 0) is 75.2 Å². The van der Waals surface area contributed by atoms with E-state index in [-0.39, 0.29) is 28.2 Å². The maximum Gasteiger partial charge on any atom is 0.264 e. The molecule has 3 rings (SSSR count). The summed E-state index contributed by atoms with van der Waals surface area (Å²) < 4.78 is 47.6. The Balaban J connectivity index is 2.06. The van der Waals surface area contributed by atoms with Crippen LogP contribution in [0.2, 0.25) is 5.02 Å². The van der Waals surface area contributed by atoms with Crippen LogP contribution < -0.4 is 14.4 Å². The molecule has 0 bridgehead atoms. The molecule has 0 saturated carbocycles. The zero-order chi connectivity index (χ0) is 30.3. The minimum atomic E-state index is -4.25. The summed E-state index contributed by atoms with van der Waals surface area (Å²) in [6.07, 6.45) is 0.686. The highest BCUT2D eigenvalue weighted by atomic mass is 35.5. The van der Waals surface area contributed by atoms with Gasteiger partial charge in [0.25, 0.3) is 10.0 Å². The lowest BCUT2D eigenvalue weighted by Crippen LogP contribution is -2.52. The third-order valence-corrected chi connectivity index (χ3v) is 8.83. The van der Waals surface area contributed by atoms with Crippen LogP contribution in [0.15, 0.2) is 71.6 Å². The fourth-order valence-electron chi connectivity index (χ4n) is 4.01. The molecule has 8 nitrogen and oxygen atoms in total. The lowest BCUT2D eigenvalue weighted by atomic mass is 10.1. The van der Waals surface area contributed by atoms with Gasteiger partial charge in [-0.3, -0.25) is 13.9 Å². The highest BCUT2D eigenvalue weighted by molar-refractivity contribution is 7.92. The molecule has 0 fully saturated rings. The number of halogens is 2. The van der Waals surface area contributed by atoms with E-state index in [2.05, 4.69) is 5.32 Å². The largest absolute Gasteiger partial charge is 0.495 e. The second-order valence-corrected chi connectivity index (χ2v) is 12.1. The van der Waals surface area contributed by atoms with E-state index in [1.165, 1.54) is 66.6 Å². The van der Waals surface area contributed by atoms with Gasteiger partial charge >= 0.3 is 0 Å². The van der Waals surface area contributed by atoms with Crippen LogP contribution >= 0.6 is 11.6 Å². The van der Waals surface area contributed by atoms with Crippen LogP contribution in [0.5, 0.6) is 5.75 Å². The summed E-state index contributed by atoms with van der Waals surface area (Å²) >= 11 is 6.34. The van der Waals surface area contributed by atoms with Crippen molar-refractivity contribution >= 4 is 39.1 Å². The lowest BCUT2D eigenvalue weighted by molar-refractivity contribution is -0.139. The molecule has 0 radical (unpaired) electrons. The van der Waals surface area contributed by atoms with Crippen LogP contribution in [0.4, 0.5) is 10.1 Å². The van der Waals surface area contributed by atoms with Gasteiger partial charge in [-0.25, -0.2) is 12.8 Å². The van der Waals surface area contributed by atoms with Crippen LogP contribution in [0, 0.1) is 12.7 Å². The monoisotopic (exact) mass is 603 g/mol. The molecule has 0 aliphatic rings. The number of nitrogens with zero attached hydrogens (tertiary/aromatic N) is 2. The molecule has 0 aliphatic heterocycles. The third-order valence-electron chi connectivity index (χ3n) is 6.75. The van der Waals surface area contributed by atoms with Gasteiger partial charge in [0.1, 0.15) is 24.2 Å². The summed E-state index contributed by atoms with van der Waals surface area (Å²) in [5, 5.41) is 3.03. The normalized spacial score (nSPS) is 12.8. The van der Waals surface area contributed by atoms with Gasteiger partial charge in [-0.1, -0.05) is 48.4 Å². The highest BCUT2D eigenvalue weighted by Crippen LogP contribution is 2.32. The summed E-state index contributed by atoms with van der Waals surface area (Å²) in [4.78, 5) is 28.3. The van der Waals surface area contributed by atoms with Gasteiger partial charge in [0.05, 0.1) is 22.7 Å². The minimum absolute atomic E-state index is 0.0181. The number of sulfonamides is 1. The van der Waals surface area contributed by atoms with Crippen molar-refractivity contribution in [1.82, 2.24) is 10.2 Å². The predicted molar refractivity (Wildman–Crippen MR) is 158 cm³/mol. The van der Waals surface area contributed by atoms with E-state index in [0.717, 1.165) is 9.87 Å². The average Bonchev–Trinajstić information content (AvgIpc) is 2.95. The summed E-state index contributed by atoms with van der Waals surface area (Å²) in [6, 6.07) is 15.1. The number of nitrogens with one attached hydrogen (secondary N) is 1. The first-order chi connectivity index (χ1) is 19.4. The van der Waals surface area contributed by atoms with Crippen molar-refractivity contribution in [2.45, 2.75) is 57.6 Å². The number of hydrogen-bond acceptors (Lipinski definition) is 5. The summed E-state index contributed by atoms with van der Waals surface area (Å²) in [5.41, 5.74) is 1.58. The molecular formula is C30H35ClFN3O5S. The Labute approximate surface area is 246 Å². The predicted octanol–water partition coefficient (Wildman–Crippen LogP) is 5.32. The van der Waals surface area contributed by atoms with Crippen molar-refractivity contribution in [2.24, 2.45) is 0 Å². The van der Waals surface area contributed by atoms with Crippen molar-refractivity contribution in [3.05, 3.63) is 88.7 Å². The Morgan fingerprint density at radius 1 is 1.02 bits per heavy atom. The Kier molecular flexibility index (Phi) is 10.8. The van der Waals surface area contributed by atoms with Crippen molar-refractivity contribution in [2.75, 3.05) is 18.0 Å². The van der Waals surface area contributed by atoms with E-state index >= 15 is 0 Å².